The molecule has 0 spiro atoms. The summed E-state index contributed by atoms with van der Waals surface area (Å²) in [6, 6.07) is 24.8. The topological polar surface area (TPSA) is 72.2 Å². The molecule has 5 heteroatoms. The third-order valence-corrected chi connectivity index (χ3v) is 6.10. The first kappa shape index (κ1) is 21.4. The molecule has 0 radical (unpaired) electrons. The average Bonchev–Trinajstić information content (AvgIpc) is 3.28. The summed E-state index contributed by atoms with van der Waals surface area (Å²) in [5.74, 6) is 0.411. The van der Waals surface area contributed by atoms with Gasteiger partial charge in [-0.3, -0.25) is 0 Å². The van der Waals surface area contributed by atoms with Crippen LogP contribution >= 0.6 is 0 Å². The summed E-state index contributed by atoms with van der Waals surface area (Å²) in [6.45, 7) is 0.0442. The zero-order chi connectivity index (χ0) is 23.5. The fourth-order valence-corrected chi connectivity index (χ4v) is 4.38. The number of pyridine rings is 1. The van der Waals surface area contributed by atoms with Crippen molar-refractivity contribution in [3.05, 3.63) is 106 Å². The Kier molecular flexibility index (Phi) is 5.80. The van der Waals surface area contributed by atoms with Crippen LogP contribution in [-0.2, 0) is 17.8 Å². The number of carbonyl (C=O) groups excluding carboxylic acids is 1. The average molecular weight is 447 g/mol. The lowest BCUT2D eigenvalue weighted by atomic mass is 10.0. The van der Waals surface area contributed by atoms with Gasteiger partial charge in [-0.15, -0.1) is 0 Å². The maximum absolute atomic E-state index is 13.4. The molecule has 1 aromatic heterocycles. The summed E-state index contributed by atoms with van der Waals surface area (Å²) in [7, 11) is 1.65. The molecule has 3 aromatic carbocycles. The minimum atomic E-state index is -0.395. The Morgan fingerprint density at radius 1 is 1.03 bits per heavy atom. The highest BCUT2D eigenvalue weighted by Crippen LogP contribution is 2.38. The quantitative estimate of drug-likeness (QED) is 0.354. The van der Waals surface area contributed by atoms with Crippen LogP contribution in [0, 0.1) is 11.3 Å². The van der Waals surface area contributed by atoms with Crippen molar-refractivity contribution in [3.8, 4) is 11.8 Å². The summed E-state index contributed by atoms with van der Waals surface area (Å²) in [6.07, 6.45) is 3.63. The van der Waals surface area contributed by atoms with Crippen molar-refractivity contribution in [1.82, 2.24) is 4.98 Å². The van der Waals surface area contributed by atoms with Gasteiger partial charge < -0.3 is 9.47 Å². The number of rotatable bonds is 5. The maximum Gasteiger partial charge on any atom is 0.339 e. The number of aromatic nitrogens is 1. The van der Waals surface area contributed by atoms with Crippen LogP contribution in [0.5, 0.6) is 5.75 Å². The van der Waals surface area contributed by atoms with Gasteiger partial charge in [0.1, 0.15) is 12.4 Å². The number of allylic oxidation sites excluding steroid dienone is 1. The van der Waals surface area contributed by atoms with Gasteiger partial charge in [-0.25, -0.2) is 9.78 Å². The van der Waals surface area contributed by atoms with E-state index < -0.39 is 5.97 Å². The van der Waals surface area contributed by atoms with Crippen molar-refractivity contribution in [2.24, 2.45) is 0 Å². The number of ether oxygens (including phenoxy) is 2. The SMILES string of the molecule is COc1ccc(C=C2CCc3c2nc2ccccc2c3C(=O)OCc2ccccc2C#N)cc1. The highest BCUT2D eigenvalue weighted by Gasteiger charge is 2.27. The first-order valence-corrected chi connectivity index (χ1v) is 11.1. The second-order valence-corrected chi connectivity index (χ2v) is 8.12. The zero-order valence-corrected chi connectivity index (χ0v) is 18.7. The molecule has 0 N–H and O–H groups in total. The van der Waals surface area contributed by atoms with Crippen LogP contribution in [0.25, 0.3) is 22.6 Å². The van der Waals surface area contributed by atoms with Gasteiger partial charge in [-0.1, -0.05) is 48.5 Å². The van der Waals surface area contributed by atoms with Gasteiger partial charge in [0.2, 0.25) is 0 Å². The van der Waals surface area contributed by atoms with Crippen LogP contribution in [0.3, 0.4) is 0 Å². The number of methoxy groups -OCH3 is 1. The lowest BCUT2D eigenvalue weighted by Gasteiger charge is -2.13. The largest absolute Gasteiger partial charge is 0.497 e. The van der Waals surface area contributed by atoms with Gasteiger partial charge in [-0.2, -0.15) is 5.26 Å². The van der Waals surface area contributed by atoms with E-state index in [0.717, 1.165) is 45.5 Å². The number of esters is 1. The Morgan fingerprint density at radius 3 is 2.59 bits per heavy atom. The number of carbonyl (C=O) groups is 1. The molecule has 0 unspecified atom stereocenters. The molecule has 5 nitrogen and oxygen atoms in total. The molecular weight excluding hydrogens is 424 g/mol. The van der Waals surface area contributed by atoms with Crippen molar-refractivity contribution >= 4 is 28.5 Å². The van der Waals surface area contributed by atoms with E-state index in [2.05, 4.69) is 12.1 Å². The van der Waals surface area contributed by atoms with Crippen molar-refractivity contribution in [2.75, 3.05) is 7.11 Å². The van der Waals surface area contributed by atoms with Crippen LogP contribution in [-0.4, -0.2) is 18.1 Å². The molecule has 34 heavy (non-hydrogen) atoms. The monoisotopic (exact) mass is 446 g/mol. The van der Waals surface area contributed by atoms with Crippen molar-refractivity contribution in [2.45, 2.75) is 19.4 Å². The lowest BCUT2D eigenvalue weighted by molar-refractivity contribution is 0.0473. The number of fused-ring (bicyclic) bond motifs is 2. The van der Waals surface area contributed by atoms with E-state index >= 15 is 0 Å². The van der Waals surface area contributed by atoms with Crippen molar-refractivity contribution in [1.29, 1.82) is 5.26 Å². The summed E-state index contributed by atoms with van der Waals surface area (Å²) in [5.41, 5.74) is 6.42. The molecule has 1 aliphatic carbocycles. The predicted octanol–water partition coefficient (Wildman–Crippen LogP) is 5.96. The number of para-hydroxylation sites is 1. The van der Waals surface area contributed by atoms with Crippen molar-refractivity contribution < 1.29 is 14.3 Å². The maximum atomic E-state index is 13.4. The Hall–Kier alpha value is -4.43. The van der Waals surface area contributed by atoms with Crippen LogP contribution in [0.4, 0.5) is 0 Å². The Balaban J connectivity index is 1.53. The molecule has 0 aliphatic heterocycles. The molecule has 5 rings (SSSR count). The number of nitriles is 1. The van der Waals surface area contributed by atoms with Gasteiger partial charge in [0.05, 0.1) is 35.5 Å². The van der Waals surface area contributed by atoms with Gasteiger partial charge in [-0.05, 0) is 59.9 Å². The van der Waals surface area contributed by atoms with E-state index in [0.29, 0.717) is 23.1 Å². The van der Waals surface area contributed by atoms with Gasteiger partial charge >= 0.3 is 5.97 Å². The van der Waals surface area contributed by atoms with Gasteiger partial charge in [0.25, 0.3) is 0 Å². The van der Waals surface area contributed by atoms with E-state index in [9.17, 15) is 10.1 Å². The number of nitrogens with zero attached hydrogens (tertiary/aromatic N) is 2. The number of hydrogen-bond donors (Lipinski definition) is 0. The minimum Gasteiger partial charge on any atom is -0.497 e. The fourth-order valence-electron chi connectivity index (χ4n) is 4.38. The molecule has 0 atom stereocenters. The molecule has 0 amide bonds. The molecule has 166 valence electrons. The summed E-state index contributed by atoms with van der Waals surface area (Å²) in [4.78, 5) is 18.3. The Labute approximate surface area is 197 Å². The van der Waals surface area contributed by atoms with E-state index in [-0.39, 0.29) is 6.61 Å². The van der Waals surface area contributed by atoms with E-state index in [1.54, 1.807) is 25.3 Å². The Bertz CT molecular complexity index is 1460. The standard InChI is InChI=1S/C29H22N2O3/c1-33-23-13-10-19(11-14-23)16-20-12-15-25-27(24-8-4-5-9-26(24)31-28(20)25)29(32)34-18-22-7-3-2-6-21(22)17-30/h2-11,13-14,16H,12,15,18H2,1H3. The van der Waals surface area contributed by atoms with Crippen LogP contribution < -0.4 is 4.74 Å². The molecule has 4 aromatic rings. The molecule has 0 bridgehead atoms. The first-order chi connectivity index (χ1) is 16.7. The smallest absolute Gasteiger partial charge is 0.339 e. The molecule has 0 fully saturated rings. The van der Waals surface area contributed by atoms with E-state index in [4.69, 9.17) is 14.5 Å². The number of hydrogen-bond acceptors (Lipinski definition) is 5. The van der Waals surface area contributed by atoms with Gasteiger partial charge in [0, 0.05) is 10.9 Å². The summed E-state index contributed by atoms with van der Waals surface area (Å²) < 4.78 is 11.0. The van der Waals surface area contributed by atoms with Crippen molar-refractivity contribution in [3.63, 3.8) is 0 Å². The molecular formula is C29H22N2O3. The highest BCUT2D eigenvalue weighted by atomic mass is 16.5. The fraction of sp³-hybridized carbons (Fsp3) is 0.138. The third kappa shape index (κ3) is 4.02. The molecule has 1 heterocycles. The normalized spacial score (nSPS) is 13.5. The summed E-state index contributed by atoms with van der Waals surface area (Å²) in [5, 5.41) is 10.1. The predicted molar refractivity (Wildman–Crippen MR) is 131 cm³/mol. The second-order valence-electron chi connectivity index (χ2n) is 8.12. The van der Waals surface area contributed by atoms with Crippen LogP contribution in [0.2, 0.25) is 0 Å². The second kappa shape index (κ2) is 9.21. The first-order valence-electron chi connectivity index (χ1n) is 11.1. The van der Waals surface area contributed by atoms with Crippen LogP contribution in [0.15, 0.2) is 72.8 Å². The summed E-state index contributed by atoms with van der Waals surface area (Å²) >= 11 is 0. The molecule has 1 aliphatic rings. The Morgan fingerprint density at radius 2 is 1.79 bits per heavy atom. The van der Waals surface area contributed by atoms with Crippen LogP contribution in [0.1, 0.15) is 44.7 Å². The van der Waals surface area contributed by atoms with E-state index in [1.807, 2.05) is 54.6 Å². The van der Waals surface area contributed by atoms with E-state index in [1.165, 1.54) is 0 Å². The molecule has 0 saturated heterocycles. The third-order valence-electron chi connectivity index (χ3n) is 6.10. The number of benzene rings is 3. The molecule has 0 saturated carbocycles. The lowest BCUT2D eigenvalue weighted by Crippen LogP contribution is -2.11. The zero-order valence-electron chi connectivity index (χ0n) is 18.7. The van der Waals surface area contributed by atoms with Gasteiger partial charge in [0.15, 0.2) is 0 Å². The highest BCUT2D eigenvalue weighted by molar-refractivity contribution is 6.07. The minimum absolute atomic E-state index is 0.0442.